The monoisotopic (exact) mass is 358 g/mol. The molecule has 112 valence electrons. The summed E-state index contributed by atoms with van der Waals surface area (Å²) >= 11 is 9.96. The molecule has 2 rings (SSSR count). The van der Waals surface area contributed by atoms with E-state index in [0.717, 1.165) is 34.7 Å². The molecule has 0 aromatic heterocycles. The van der Waals surface area contributed by atoms with Crippen LogP contribution in [0.1, 0.15) is 34.1 Å². The van der Waals surface area contributed by atoms with Gasteiger partial charge in [0.1, 0.15) is 0 Å². The summed E-state index contributed by atoms with van der Waals surface area (Å²) in [5.74, 6) is 0.587. The summed E-state index contributed by atoms with van der Waals surface area (Å²) in [6.07, 6.45) is 1.11. The average Bonchev–Trinajstić information content (AvgIpc) is 2.38. The van der Waals surface area contributed by atoms with Gasteiger partial charge in [-0.1, -0.05) is 48.3 Å². The first-order valence-electron chi connectivity index (χ1n) is 7.33. The Hall–Kier alpha value is -0.250. The number of benzene rings is 1. The van der Waals surface area contributed by atoms with Crippen LogP contribution in [-0.4, -0.2) is 24.7 Å². The lowest BCUT2D eigenvalue weighted by Crippen LogP contribution is -2.64. The Bertz CT molecular complexity index is 478. The number of halogens is 2. The third kappa shape index (κ3) is 3.32. The first-order chi connectivity index (χ1) is 9.36. The fourth-order valence-corrected chi connectivity index (χ4v) is 3.60. The van der Waals surface area contributed by atoms with Crippen LogP contribution in [0.25, 0.3) is 0 Å². The van der Waals surface area contributed by atoms with E-state index in [2.05, 4.69) is 66.0 Å². The number of nitrogens with one attached hydrogen (secondary N) is 1. The Balaban J connectivity index is 2.36. The average molecular weight is 360 g/mol. The zero-order valence-corrected chi connectivity index (χ0v) is 15.1. The molecule has 0 bridgehead atoms. The van der Waals surface area contributed by atoms with Crippen LogP contribution in [0.2, 0.25) is 5.02 Å². The summed E-state index contributed by atoms with van der Waals surface area (Å²) in [6.45, 7) is 11.1. The second-order valence-electron chi connectivity index (χ2n) is 6.33. The fraction of sp³-hybridized carbons (Fsp3) is 0.625. The molecule has 1 aromatic rings. The molecular weight excluding hydrogens is 336 g/mol. The third-order valence-corrected chi connectivity index (χ3v) is 5.22. The molecule has 0 spiro atoms. The largest absolute Gasteiger partial charge is 0.364 e. The van der Waals surface area contributed by atoms with Crippen molar-refractivity contribution >= 4 is 33.2 Å². The first kappa shape index (κ1) is 16.1. The van der Waals surface area contributed by atoms with E-state index >= 15 is 0 Å². The van der Waals surface area contributed by atoms with Crippen molar-refractivity contribution < 1.29 is 0 Å². The molecule has 1 fully saturated rings. The molecule has 1 aliphatic rings. The van der Waals surface area contributed by atoms with Crippen molar-refractivity contribution in [3.63, 3.8) is 0 Å². The Morgan fingerprint density at radius 1 is 1.50 bits per heavy atom. The number of nitrogens with zero attached hydrogens (tertiary/aromatic N) is 1. The van der Waals surface area contributed by atoms with Gasteiger partial charge in [-0.05, 0) is 37.5 Å². The highest BCUT2D eigenvalue weighted by Gasteiger charge is 2.36. The van der Waals surface area contributed by atoms with E-state index in [1.807, 2.05) is 6.07 Å². The highest BCUT2D eigenvalue weighted by molar-refractivity contribution is 9.10. The number of hydrogen-bond donors (Lipinski definition) is 1. The van der Waals surface area contributed by atoms with Gasteiger partial charge in [-0.2, -0.15) is 0 Å². The number of rotatable bonds is 3. The van der Waals surface area contributed by atoms with Crippen molar-refractivity contribution in [3.8, 4) is 0 Å². The van der Waals surface area contributed by atoms with Gasteiger partial charge in [-0.3, -0.25) is 0 Å². The second-order valence-corrected chi connectivity index (χ2v) is 7.65. The molecule has 0 aliphatic carbocycles. The zero-order valence-electron chi connectivity index (χ0n) is 12.7. The van der Waals surface area contributed by atoms with Gasteiger partial charge in [0.15, 0.2) is 0 Å². The number of piperazine rings is 1. The minimum absolute atomic E-state index is 0.155. The number of hydrogen-bond acceptors (Lipinski definition) is 2. The highest BCUT2D eigenvalue weighted by atomic mass is 79.9. The van der Waals surface area contributed by atoms with E-state index in [-0.39, 0.29) is 5.54 Å². The van der Waals surface area contributed by atoms with Crippen LogP contribution in [0.4, 0.5) is 5.69 Å². The van der Waals surface area contributed by atoms with Gasteiger partial charge >= 0.3 is 0 Å². The van der Waals surface area contributed by atoms with Crippen LogP contribution >= 0.6 is 27.5 Å². The second kappa shape index (κ2) is 6.25. The summed E-state index contributed by atoms with van der Waals surface area (Å²) in [5.41, 5.74) is 1.30. The van der Waals surface area contributed by atoms with Crippen LogP contribution in [-0.2, 0) is 0 Å². The molecular formula is C16H24BrClN2. The SMILES string of the molecule is CCC1(C)CN(c2ccc(Br)cc2Cl)C(C(C)C)CN1. The van der Waals surface area contributed by atoms with Crippen LogP contribution in [0.3, 0.4) is 0 Å². The van der Waals surface area contributed by atoms with E-state index in [9.17, 15) is 0 Å². The molecule has 1 aliphatic heterocycles. The van der Waals surface area contributed by atoms with Gasteiger partial charge in [0.05, 0.1) is 10.7 Å². The van der Waals surface area contributed by atoms with Crippen molar-refractivity contribution in [2.45, 2.75) is 45.7 Å². The molecule has 0 saturated carbocycles. The van der Waals surface area contributed by atoms with E-state index in [1.165, 1.54) is 0 Å². The molecule has 1 N–H and O–H groups in total. The molecule has 0 amide bonds. The topological polar surface area (TPSA) is 15.3 Å². The van der Waals surface area contributed by atoms with E-state index < -0.39 is 0 Å². The predicted octanol–water partition coefficient (Wildman–Crippen LogP) is 4.71. The van der Waals surface area contributed by atoms with E-state index in [4.69, 9.17) is 11.6 Å². The summed E-state index contributed by atoms with van der Waals surface area (Å²) < 4.78 is 1.03. The lowest BCUT2D eigenvalue weighted by Gasteiger charge is -2.49. The lowest BCUT2D eigenvalue weighted by atomic mass is 9.89. The summed E-state index contributed by atoms with van der Waals surface area (Å²) in [6, 6.07) is 6.67. The van der Waals surface area contributed by atoms with Crippen LogP contribution in [0.15, 0.2) is 22.7 Å². The maximum atomic E-state index is 6.48. The smallest absolute Gasteiger partial charge is 0.0650 e. The molecule has 2 unspecified atom stereocenters. The Morgan fingerprint density at radius 2 is 2.20 bits per heavy atom. The molecule has 20 heavy (non-hydrogen) atoms. The van der Waals surface area contributed by atoms with Gasteiger partial charge < -0.3 is 10.2 Å². The zero-order chi connectivity index (χ0) is 14.9. The molecule has 1 aromatic carbocycles. The van der Waals surface area contributed by atoms with E-state index in [0.29, 0.717) is 12.0 Å². The van der Waals surface area contributed by atoms with Crippen molar-refractivity contribution in [2.24, 2.45) is 5.92 Å². The molecule has 2 atom stereocenters. The summed E-state index contributed by atoms with van der Waals surface area (Å²) in [7, 11) is 0. The summed E-state index contributed by atoms with van der Waals surface area (Å²) in [5, 5.41) is 4.54. The van der Waals surface area contributed by atoms with Crippen LogP contribution in [0.5, 0.6) is 0 Å². The molecule has 4 heteroatoms. The van der Waals surface area contributed by atoms with Gasteiger partial charge in [0, 0.05) is 29.1 Å². The standard InChI is InChI=1S/C16H24BrClN2/c1-5-16(4)10-20(15(9-19-16)11(2)3)14-7-6-12(17)8-13(14)18/h6-8,11,15,19H,5,9-10H2,1-4H3. The molecule has 2 nitrogen and oxygen atoms in total. The Kier molecular flexibility index (Phi) is 5.04. The quantitative estimate of drug-likeness (QED) is 0.841. The van der Waals surface area contributed by atoms with Crippen LogP contribution in [0, 0.1) is 5.92 Å². The third-order valence-electron chi connectivity index (χ3n) is 4.43. The predicted molar refractivity (Wildman–Crippen MR) is 91.8 cm³/mol. The maximum absolute atomic E-state index is 6.48. The minimum Gasteiger partial charge on any atom is -0.364 e. The van der Waals surface area contributed by atoms with Crippen molar-refractivity contribution in [1.29, 1.82) is 0 Å². The van der Waals surface area contributed by atoms with Gasteiger partial charge in [0.25, 0.3) is 0 Å². The van der Waals surface area contributed by atoms with Crippen molar-refractivity contribution in [3.05, 3.63) is 27.7 Å². The normalized spacial score (nSPS) is 27.1. The molecule has 1 heterocycles. The number of anilines is 1. The Labute approximate surface area is 136 Å². The first-order valence-corrected chi connectivity index (χ1v) is 8.50. The maximum Gasteiger partial charge on any atom is 0.0650 e. The fourth-order valence-electron chi connectivity index (χ4n) is 2.82. The van der Waals surface area contributed by atoms with Gasteiger partial charge in [-0.25, -0.2) is 0 Å². The van der Waals surface area contributed by atoms with Crippen molar-refractivity contribution in [2.75, 3.05) is 18.0 Å². The van der Waals surface area contributed by atoms with Gasteiger partial charge in [-0.15, -0.1) is 0 Å². The van der Waals surface area contributed by atoms with Gasteiger partial charge in [0.2, 0.25) is 0 Å². The highest BCUT2D eigenvalue weighted by Crippen LogP contribution is 2.34. The minimum atomic E-state index is 0.155. The Morgan fingerprint density at radius 3 is 2.75 bits per heavy atom. The molecule has 1 saturated heterocycles. The van der Waals surface area contributed by atoms with Crippen molar-refractivity contribution in [1.82, 2.24) is 5.32 Å². The van der Waals surface area contributed by atoms with Crippen LogP contribution < -0.4 is 10.2 Å². The van der Waals surface area contributed by atoms with E-state index in [1.54, 1.807) is 0 Å². The lowest BCUT2D eigenvalue weighted by molar-refractivity contribution is 0.253. The molecule has 0 radical (unpaired) electrons. The summed E-state index contributed by atoms with van der Waals surface area (Å²) in [4.78, 5) is 2.49.